The van der Waals surface area contributed by atoms with Crippen LogP contribution in [-0.2, 0) is 39.9 Å². The topological polar surface area (TPSA) is 134 Å². The Morgan fingerprint density at radius 3 is 2.70 bits per heavy atom. The fourth-order valence-corrected chi connectivity index (χ4v) is 3.47. The SMILES string of the molecule is COC1(NC(=O)Cc2cccs2)CON(C2(C(=O)[O-])CCC(=O)O2)C1=O.[Na+]. The number of methoxy groups -OCH3 is 1. The van der Waals surface area contributed by atoms with Gasteiger partial charge in [0.15, 0.2) is 0 Å². The van der Waals surface area contributed by atoms with Crippen molar-refractivity contribution < 1.29 is 68.2 Å². The van der Waals surface area contributed by atoms with Gasteiger partial charge in [0.05, 0.1) is 12.8 Å². The van der Waals surface area contributed by atoms with Crippen molar-refractivity contribution in [1.29, 1.82) is 0 Å². The zero-order valence-corrected chi connectivity index (χ0v) is 17.5. The van der Waals surface area contributed by atoms with Gasteiger partial charge in [-0.2, -0.15) is 5.06 Å². The van der Waals surface area contributed by atoms with Gasteiger partial charge in [-0.15, -0.1) is 11.3 Å². The summed E-state index contributed by atoms with van der Waals surface area (Å²) in [6.45, 7) is -0.481. The number of hydrogen-bond acceptors (Lipinski definition) is 9. The molecule has 12 heteroatoms. The second-order valence-corrected chi connectivity index (χ2v) is 6.79. The third-order valence-corrected chi connectivity index (χ3v) is 5.01. The van der Waals surface area contributed by atoms with E-state index in [1.165, 1.54) is 18.4 Å². The number of thiophene rings is 1. The second kappa shape index (κ2) is 8.25. The maximum absolute atomic E-state index is 12.8. The quantitative estimate of drug-likeness (QED) is 0.283. The first-order chi connectivity index (χ1) is 12.3. The molecule has 27 heavy (non-hydrogen) atoms. The van der Waals surface area contributed by atoms with Gasteiger partial charge >= 0.3 is 41.4 Å². The summed E-state index contributed by atoms with van der Waals surface area (Å²) in [7, 11) is 1.17. The molecule has 2 unspecified atom stereocenters. The fourth-order valence-electron chi connectivity index (χ4n) is 2.77. The Morgan fingerprint density at radius 2 is 2.19 bits per heavy atom. The number of esters is 1. The first-order valence-electron chi connectivity index (χ1n) is 7.62. The van der Waals surface area contributed by atoms with Crippen LogP contribution in [0, 0.1) is 0 Å². The van der Waals surface area contributed by atoms with Crippen LogP contribution >= 0.6 is 11.3 Å². The number of nitrogens with zero attached hydrogens (tertiary/aromatic N) is 1. The molecule has 3 heterocycles. The monoisotopic (exact) mass is 406 g/mol. The maximum atomic E-state index is 12.8. The van der Waals surface area contributed by atoms with E-state index < -0.39 is 41.8 Å². The van der Waals surface area contributed by atoms with Crippen molar-refractivity contribution in [2.75, 3.05) is 13.7 Å². The Labute approximate surface area is 180 Å². The number of cyclic esters (lactones) is 1. The molecule has 1 N–H and O–H groups in total. The van der Waals surface area contributed by atoms with Gasteiger partial charge in [0.2, 0.25) is 11.6 Å². The van der Waals surface area contributed by atoms with Gasteiger partial charge in [0.1, 0.15) is 12.6 Å². The minimum atomic E-state index is -2.38. The van der Waals surface area contributed by atoms with E-state index in [-0.39, 0.29) is 48.8 Å². The molecule has 2 fully saturated rings. The molecule has 1 aromatic heterocycles. The summed E-state index contributed by atoms with van der Waals surface area (Å²) in [4.78, 5) is 53.9. The Kier molecular flexibility index (Phi) is 6.66. The van der Waals surface area contributed by atoms with E-state index in [9.17, 15) is 24.3 Å². The first-order valence-corrected chi connectivity index (χ1v) is 8.50. The number of nitrogens with one attached hydrogen (secondary N) is 1. The predicted octanol–water partition coefficient (Wildman–Crippen LogP) is -4.69. The van der Waals surface area contributed by atoms with Crippen LogP contribution in [0.4, 0.5) is 0 Å². The van der Waals surface area contributed by atoms with E-state index >= 15 is 0 Å². The van der Waals surface area contributed by atoms with Crippen LogP contribution in [0.15, 0.2) is 17.5 Å². The number of hydrogen-bond donors (Lipinski definition) is 1. The van der Waals surface area contributed by atoms with Gasteiger partial charge in [0, 0.05) is 18.4 Å². The predicted molar refractivity (Wildman–Crippen MR) is 81.8 cm³/mol. The summed E-state index contributed by atoms with van der Waals surface area (Å²) in [5.41, 5.74) is -4.31. The van der Waals surface area contributed by atoms with Gasteiger partial charge in [-0.1, -0.05) is 6.07 Å². The maximum Gasteiger partial charge on any atom is 1.00 e. The number of carbonyl (C=O) groups excluding carboxylic acids is 4. The molecule has 0 saturated carbocycles. The minimum Gasteiger partial charge on any atom is -0.544 e. The molecule has 1 aromatic rings. The number of amides is 2. The molecule has 140 valence electrons. The van der Waals surface area contributed by atoms with Crippen molar-refractivity contribution in [2.24, 2.45) is 0 Å². The molecule has 2 atom stereocenters. The average Bonchev–Trinajstić information content (AvgIpc) is 3.30. The van der Waals surface area contributed by atoms with Gasteiger partial charge < -0.3 is 24.7 Å². The van der Waals surface area contributed by atoms with Crippen LogP contribution in [0.2, 0.25) is 0 Å². The smallest absolute Gasteiger partial charge is 0.544 e. The molecule has 0 radical (unpaired) electrons. The fraction of sp³-hybridized carbons (Fsp3) is 0.467. The second-order valence-electron chi connectivity index (χ2n) is 5.75. The number of ether oxygens (including phenoxy) is 2. The minimum absolute atomic E-state index is 0. The van der Waals surface area contributed by atoms with Crippen LogP contribution < -0.4 is 40.0 Å². The summed E-state index contributed by atoms with van der Waals surface area (Å²) in [6, 6.07) is 3.54. The van der Waals surface area contributed by atoms with E-state index in [4.69, 9.17) is 14.3 Å². The Hall–Kier alpha value is -1.50. The number of hydroxylamine groups is 2. The molecule has 2 aliphatic rings. The molecule has 2 amide bonds. The molecule has 2 saturated heterocycles. The van der Waals surface area contributed by atoms with E-state index in [2.05, 4.69) is 5.32 Å². The summed E-state index contributed by atoms with van der Waals surface area (Å²) < 4.78 is 9.95. The molecule has 0 spiro atoms. The van der Waals surface area contributed by atoms with Crippen LogP contribution in [0.3, 0.4) is 0 Å². The van der Waals surface area contributed by atoms with Crippen molar-refractivity contribution >= 4 is 35.1 Å². The van der Waals surface area contributed by atoms with Crippen molar-refractivity contribution in [3.05, 3.63) is 22.4 Å². The van der Waals surface area contributed by atoms with Crippen molar-refractivity contribution in [1.82, 2.24) is 10.4 Å². The van der Waals surface area contributed by atoms with E-state index in [1.807, 2.05) is 0 Å². The summed E-state index contributed by atoms with van der Waals surface area (Å²) in [6.07, 6.45) is -0.536. The first kappa shape index (κ1) is 21.8. The van der Waals surface area contributed by atoms with E-state index in [0.29, 0.717) is 5.06 Å². The van der Waals surface area contributed by atoms with Crippen LogP contribution in [0.1, 0.15) is 17.7 Å². The number of carbonyl (C=O) groups is 4. The Bertz CT molecular complexity index is 757. The van der Waals surface area contributed by atoms with Crippen LogP contribution in [-0.4, -0.2) is 54.0 Å². The third-order valence-electron chi connectivity index (χ3n) is 4.13. The standard InChI is InChI=1S/C15H16N2O8S.Na/c1-23-14(16-10(18)7-9-3-2-6-26-9)8-24-17(12(14)20)15(13(21)22)5-4-11(19)25-15;/h2-3,6H,4-5,7-8H2,1H3,(H,16,18)(H,21,22);/q;+1/p-1. The summed E-state index contributed by atoms with van der Waals surface area (Å²) in [5, 5.41) is 16.2. The molecular formula is C15H15N2NaO8S. The Balaban J connectivity index is 0.00000261. The van der Waals surface area contributed by atoms with Gasteiger partial charge in [-0.3, -0.25) is 19.2 Å². The third kappa shape index (κ3) is 3.89. The average molecular weight is 406 g/mol. The van der Waals surface area contributed by atoms with E-state index in [0.717, 1.165) is 4.88 Å². The van der Waals surface area contributed by atoms with Crippen molar-refractivity contribution in [3.8, 4) is 0 Å². The van der Waals surface area contributed by atoms with Crippen molar-refractivity contribution in [2.45, 2.75) is 30.7 Å². The van der Waals surface area contributed by atoms with Crippen LogP contribution in [0.5, 0.6) is 0 Å². The molecule has 0 aromatic carbocycles. The molecule has 2 aliphatic heterocycles. The Morgan fingerprint density at radius 1 is 1.44 bits per heavy atom. The van der Waals surface area contributed by atoms with Crippen molar-refractivity contribution in [3.63, 3.8) is 0 Å². The van der Waals surface area contributed by atoms with Gasteiger partial charge in [-0.25, -0.2) is 0 Å². The number of aliphatic carboxylic acids is 1. The van der Waals surface area contributed by atoms with Gasteiger partial charge in [0.25, 0.3) is 5.72 Å². The number of carboxylic acids is 1. The molecular weight excluding hydrogens is 391 g/mol. The number of carboxylic acid groups (broad SMARTS) is 1. The zero-order valence-electron chi connectivity index (χ0n) is 14.7. The molecule has 0 bridgehead atoms. The van der Waals surface area contributed by atoms with E-state index in [1.54, 1.807) is 17.5 Å². The summed E-state index contributed by atoms with van der Waals surface area (Å²) in [5.74, 6) is -4.12. The van der Waals surface area contributed by atoms with Gasteiger partial charge in [-0.05, 0) is 11.4 Å². The van der Waals surface area contributed by atoms with Crippen LogP contribution in [0.25, 0.3) is 0 Å². The summed E-state index contributed by atoms with van der Waals surface area (Å²) >= 11 is 1.37. The zero-order chi connectivity index (χ0) is 18.9. The largest absolute Gasteiger partial charge is 1.00 e. The molecule has 0 aliphatic carbocycles. The molecule has 10 nitrogen and oxygen atoms in total. The molecule has 3 rings (SSSR count). The normalized spacial score (nSPS) is 27.2. The number of rotatable bonds is 6.